The second-order valence-corrected chi connectivity index (χ2v) is 4.21. The smallest absolute Gasteiger partial charge is 0.296 e. The summed E-state index contributed by atoms with van der Waals surface area (Å²) < 4.78 is 0. The molecule has 0 aromatic carbocycles. The Hall–Kier alpha value is -1.95. The summed E-state index contributed by atoms with van der Waals surface area (Å²) in [4.78, 5) is 15.3. The van der Waals surface area contributed by atoms with E-state index in [9.17, 15) is 10.1 Å². The van der Waals surface area contributed by atoms with E-state index in [1.54, 1.807) is 0 Å². The fourth-order valence-electron chi connectivity index (χ4n) is 1.40. The first-order valence-electron chi connectivity index (χ1n) is 4.55. The monoisotopic (exact) mass is 235 g/mol. The summed E-state index contributed by atoms with van der Waals surface area (Å²) in [5, 5.41) is 12.7. The predicted molar refractivity (Wildman–Crippen MR) is 63.4 cm³/mol. The third kappa shape index (κ3) is 1.74. The third-order valence-corrected chi connectivity index (χ3v) is 3.19. The van der Waals surface area contributed by atoms with Gasteiger partial charge in [0.05, 0.1) is 9.80 Å². The van der Waals surface area contributed by atoms with Gasteiger partial charge in [-0.3, -0.25) is 10.1 Å². The van der Waals surface area contributed by atoms with E-state index in [2.05, 4.69) is 4.98 Å². The molecule has 82 valence electrons. The van der Waals surface area contributed by atoms with Crippen LogP contribution in [-0.4, -0.2) is 9.91 Å². The number of nitrogens with zero attached hydrogens (tertiary/aromatic N) is 2. The summed E-state index contributed by atoms with van der Waals surface area (Å²) in [6.07, 6.45) is 0. The van der Waals surface area contributed by atoms with Crippen LogP contribution in [0.3, 0.4) is 0 Å². The lowest BCUT2D eigenvalue weighted by Gasteiger charge is -2.02. The number of hydrogen-bond acceptors (Lipinski definition) is 5. The van der Waals surface area contributed by atoms with Crippen molar-refractivity contribution in [3.05, 3.63) is 39.3 Å². The van der Waals surface area contributed by atoms with Crippen LogP contribution < -0.4 is 5.73 Å². The molecule has 16 heavy (non-hydrogen) atoms. The van der Waals surface area contributed by atoms with Crippen molar-refractivity contribution in [1.82, 2.24) is 4.98 Å². The maximum atomic E-state index is 10.9. The van der Waals surface area contributed by atoms with Crippen molar-refractivity contribution in [3.8, 4) is 10.6 Å². The number of aryl methyl sites for hydroxylation is 1. The predicted octanol–water partition coefficient (Wildman–Crippen LogP) is 2.61. The van der Waals surface area contributed by atoms with E-state index < -0.39 is 4.92 Å². The Balaban J connectivity index is 2.67. The van der Waals surface area contributed by atoms with E-state index in [1.165, 1.54) is 23.5 Å². The lowest BCUT2D eigenvalue weighted by Crippen LogP contribution is -1.97. The minimum atomic E-state index is -0.444. The van der Waals surface area contributed by atoms with E-state index in [1.807, 2.05) is 18.4 Å². The molecule has 0 aliphatic rings. The minimum Gasteiger partial charge on any atom is -0.384 e. The molecule has 0 spiro atoms. The second-order valence-electron chi connectivity index (χ2n) is 3.29. The normalized spacial score (nSPS) is 10.3. The first kappa shape index (κ1) is 10.6. The first-order valence-corrected chi connectivity index (χ1v) is 5.43. The van der Waals surface area contributed by atoms with E-state index >= 15 is 0 Å². The molecule has 0 saturated heterocycles. The maximum absolute atomic E-state index is 10.9. The van der Waals surface area contributed by atoms with Gasteiger partial charge in [0, 0.05) is 6.07 Å². The van der Waals surface area contributed by atoms with Gasteiger partial charge in [-0.1, -0.05) is 0 Å². The molecule has 0 fully saturated rings. The number of hydrogen-bond donors (Lipinski definition) is 1. The van der Waals surface area contributed by atoms with Gasteiger partial charge in [0.25, 0.3) is 5.69 Å². The minimum absolute atomic E-state index is 0.0141. The molecule has 5 nitrogen and oxygen atoms in total. The van der Waals surface area contributed by atoms with Crippen molar-refractivity contribution < 1.29 is 4.92 Å². The molecule has 2 N–H and O–H groups in total. The summed E-state index contributed by atoms with van der Waals surface area (Å²) in [5.74, 6) is 0.286. The number of pyridine rings is 1. The molecular weight excluding hydrogens is 226 g/mol. The summed E-state index contributed by atoms with van der Waals surface area (Å²) in [6, 6.07) is 4.72. The number of nitrogen functional groups attached to an aromatic ring is 1. The van der Waals surface area contributed by atoms with Crippen molar-refractivity contribution in [3.63, 3.8) is 0 Å². The van der Waals surface area contributed by atoms with E-state index in [0.717, 1.165) is 10.4 Å². The van der Waals surface area contributed by atoms with Gasteiger partial charge in [0.1, 0.15) is 5.82 Å². The number of rotatable bonds is 2. The second kappa shape index (κ2) is 3.90. The summed E-state index contributed by atoms with van der Waals surface area (Å²) in [5.41, 5.74) is 6.85. The SMILES string of the molecule is Cc1ccsc1-c1nc(N)ccc1[N+](=O)[O-]. The fourth-order valence-corrected chi connectivity index (χ4v) is 2.32. The average Bonchev–Trinajstić information content (AvgIpc) is 2.63. The number of aromatic nitrogens is 1. The average molecular weight is 235 g/mol. The molecule has 0 atom stereocenters. The number of nitro groups is 1. The van der Waals surface area contributed by atoms with Crippen LogP contribution in [0.15, 0.2) is 23.6 Å². The van der Waals surface area contributed by atoms with Gasteiger partial charge in [-0.2, -0.15) is 0 Å². The van der Waals surface area contributed by atoms with Gasteiger partial charge in [-0.05, 0) is 30.0 Å². The topological polar surface area (TPSA) is 82.0 Å². The molecule has 0 bridgehead atoms. The van der Waals surface area contributed by atoms with E-state index in [4.69, 9.17) is 5.73 Å². The van der Waals surface area contributed by atoms with E-state index in [-0.39, 0.29) is 11.5 Å². The van der Waals surface area contributed by atoms with Crippen molar-refractivity contribution in [2.24, 2.45) is 0 Å². The van der Waals surface area contributed by atoms with Gasteiger partial charge >= 0.3 is 0 Å². The van der Waals surface area contributed by atoms with Crippen molar-refractivity contribution >= 4 is 22.8 Å². The molecule has 2 aromatic heterocycles. The number of thiophene rings is 1. The largest absolute Gasteiger partial charge is 0.384 e. The van der Waals surface area contributed by atoms with E-state index in [0.29, 0.717) is 5.69 Å². The van der Waals surface area contributed by atoms with Crippen LogP contribution in [-0.2, 0) is 0 Å². The van der Waals surface area contributed by atoms with Crippen LogP contribution in [0.2, 0.25) is 0 Å². The van der Waals surface area contributed by atoms with Gasteiger partial charge in [0.15, 0.2) is 5.69 Å². The molecule has 0 aliphatic carbocycles. The summed E-state index contributed by atoms with van der Waals surface area (Å²) in [6.45, 7) is 1.89. The molecule has 0 radical (unpaired) electrons. The van der Waals surface area contributed by atoms with Gasteiger partial charge in [0.2, 0.25) is 0 Å². The van der Waals surface area contributed by atoms with Crippen molar-refractivity contribution in [1.29, 1.82) is 0 Å². The zero-order chi connectivity index (χ0) is 11.7. The third-order valence-electron chi connectivity index (χ3n) is 2.17. The number of nitrogens with two attached hydrogens (primary N) is 1. The molecule has 0 saturated carbocycles. The van der Waals surface area contributed by atoms with Gasteiger partial charge in [-0.15, -0.1) is 11.3 Å². The summed E-state index contributed by atoms with van der Waals surface area (Å²) >= 11 is 1.42. The number of anilines is 1. The fraction of sp³-hybridized carbons (Fsp3) is 0.100. The molecule has 2 heterocycles. The Labute approximate surface area is 95.7 Å². The highest BCUT2D eigenvalue weighted by Crippen LogP contribution is 2.34. The molecule has 0 unspecified atom stereocenters. The molecular formula is C10H9N3O2S. The zero-order valence-corrected chi connectivity index (χ0v) is 9.32. The lowest BCUT2D eigenvalue weighted by atomic mass is 10.2. The highest BCUT2D eigenvalue weighted by atomic mass is 32.1. The molecule has 0 amide bonds. The molecule has 0 aliphatic heterocycles. The molecule has 6 heteroatoms. The summed E-state index contributed by atoms with van der Waals surface area (Å²) in [7, 11) is 0. The van der Waals surface area contributed by atoms with Crippen LogP contribution in [0.1, 0.15) is 5.56 Å². The van der Waals surface area contributed by atoms with Crippen LogP contribution in [0, 0.1) is 17.0 Å². The Bertz CT molecular complexity index is 551. The Kier molecular flexibility index (Phi) is 2.57. The van der Waals surface area contributed by atoms with Crippen LogP contribution >= 0.6 is 11.3 Å². The highest BCUT2D eigenvalue weighted by Gasteiger charge is 2.19. The Morgan fingerprint density at radius 3 is 2.75 bits per heavy atom. The zero-order valence-electron chi connectivity index (χ0n) is 8.51. The van der Waals surface area contributed by atoms with Crippen LogP contribution in [0.25, 0.3) is 10.6 Å². The maximum Gasteiger partial charge on any atom is 0.296 e. The van der Waals surface area contributed by atoms with Gasteiger partial charge < -0.3 is 5.73 Å². The highest BCUT2D eigenvalue weighted by molar-refractivity contribution is 7.13. The Morgan fingerprint density at radius 1 is 1.44 bits per heavy atom. The Morgan fingerprint density at radius 2 is 2.19 bits per heavy atom. The van der Waals surface area contributed by atoms with Gasteiger partial charge in [-0.25, -0.2) is 4.98 Å². The quantitative estimate of drug-likeness (QED) is 0.640. The molecule has 2 aromatic rings. The van der Waals surface area contributed by atoms with Crippen molar-refractivity contribution in [2.75, 3.05) is 5.73 Å². The van der Waals surface area contributed by atoms with Crippen LogP contribution in [0.5, 0.6) is 0 Å². The van der Waals surface area contributed by atoms with Crippen LogP contribution in [0.4, 0.5) is 11.5 Å². The molecule has 2 rings (SSSR count). The van der Waals surface area contributed by atoms with Crippen molar-refractivity contribution in [2.45, 2.75) is 6.92 Å². The lowest BCUT2D eigenvalue weighted by molar-refractivity contribution is -0.384. The first-order chi connectivity index (χ1) is 7.59. The standard InChI is InChI=1S/C10H9N3O2S/c1-6-4-5-16-10(6)9-7(13(14)15)2-3-8(11)12-9/h2-5H,1H3,(H2,11,12).